The summed E-state index contributed by atoms with van der Waals surface area (Å²) in [6.07, 6.45) is 0. The second kappa shape index (κ2) is 6.39. The maximum Gasteiger partial charge on any atom is 0.352 e. The summed E-state index contributed by atoms with van der Waals surface area (Å²) in [4.78, 5) is 26.2. The topological polar surface area (TPSA) is 88.0 Å². The first kappa shape index (κ1) is 13.7. The number of benzene rings is 1. The van der Waals surface area contributed by atoms with E-state index in [0.29, 0.717) is 0 Å². The van der Waals surface area contributed by atoms with Crippen LogP contribution in [0.3, 0.4) is 0 Å². The van der Waals surface area contributed by atoms with Gasteiger partial charge in [0.1, 0.15) is 11.5 Å². The molecule has 0 fully saturated rings. The molecule has 1 rings (SSSR count). The Morgan fingerprint density at radius 2 is 2.06 bits per heavy atom. The van der Waals surface area contributed by atoms with E-state index < -0.39 is 12.0 Å². The maximum atomic E-state index is 11.5. The average molecular weight is 250 g/mol. The molecule has 0 bridgehead atoms. The number of urea groups is 1. The number of aliphatic imine (C=N–C) groups is 1. The van der Waals surface area contributed by atoms with E-state index in [1.54, 1.807) is 19.1 Å². The minimum atomic E-state index is -0.748. The third-order valence-electron chi connectivity index (χ3n) is 1.99. The number of para-hydroxylation sites is 2. The number of phenolic OH excluding ortho intramolecular Hbond substituents is 1. The molecule has 0 saturated heterocycles. The lowest BCUT2D eigenvalue weighted by atomic mass is 10.3. The highest BCUT2D eigenvalue weighted by Gasteiger charge is 2.10. The Morgan fingerprint density at radius 1 is 1.39 bits per heavy atom. The van der Waals surface area contributed by atoms with Gasteiger partial charge in [-0.3, -0.25) is 0 Å². The molecule has 0 aromatic heterocycles. The molecule has 0 spiro atoms. The van der Waals surface area contributed by atoms with Gasteiger partial charge in [0, 0.05) is 0 Å². The minimum Gasteiger partial charge on any atom is -0.506 e. The van der Waals surface area contributed by atoms with Crippen molar-refractivity contribution in [3.8, 4) is 5.75 Å². The smallest absolute Gasteiger partial charge is 0.352 e. The van der Waals surface area contributed by atoms with E-state index in [2.05, 4.69) is 15.0 Å². The third kappa shape index (κ3) is 3.89. The number of amides is 2. The molecule has 0 heterocycles. The molecule has 6 heteroatoms. The number of hydrogen-bond donors (Lipinski definition) is 2. The van der Waals surface area contributed by atoms with E-state index in [0.717, 1.165) is 0 Å². The van der Waals surface area contributed by atoms with Gasteiger partial charge in [0.25, 0.3) is 0 Å². The molecule has 0 radical (unpaired) electrons. The van der Waals surface area contributed by atoms with E-state index in [1.165, 1.54) is 19.1 Å². The van der Waals surface area contributed by atoms with Gasteiger partial charge in [0.2, 0.25) is 0 Å². The van der Waals surface area contributed by atoms with Crippen LogP contribution >= 0.6 is 0 Å². The summed E-state index contributed by atoms with van der Waals surface area (Å²) in [6.45, 7) is 3.25. The minimum absolute atomic E-state index is 0.0511. The lowest BCUT2D eigenvalue weighted by Crippen LogP contribution is -2.18. The first-order chi connectivity index (χ1) is 8.54. The number of nitrogens with zero attached hydrogens (tertiary/aromatic N) is 1. The highest BCUT2D eigenvalue weighted by atomic mass is 16.5. The molecule has 1 aromatic rings. The summed E-state index contributed by atoms with van der Waals surface area (Å²) >= 11 is 0. The molecule has 1 aromatic carbocycles. The van der Waals surface area contributed by atoms with Crippen LogP contribution in [0.2, 0.25) is 0 Å². The molecule has 6 nitrogen and oxygen atoms in total. The van der Waals surface area contributed by atoms with Crippen LogP contribution in [0.1, 0.15) is 13.8 Å². The van der Waals surface area contributed by atoms with Crippen LogP contribution < -0.4 is 5.32 Å². The SMILES string of the molecule is CCOC(=O)C(C)=NC(=O)Nc1ccccc1O. The zero-order chi connectivity index (χ0) is 13.5. The second-order valence-electron chi connectivity index (χ2n) is 3.36. The largest absolute Gasteiger partial charge is 0.506 e. The summed E-state index contributed by atoms with van der Waals surface area (Å²) in [5.74, 6) is -0.722. The summed E-state index contributed by atoms with van der Waals surface area (Å²) < 4.78 is 4.68. The molecule has 0 aliphatic rings. The van der Waals surface area contributed by atoms with E-state index in [9.17, 15) is 14.7 Å². The van der Waals surface area contributed by atoms with Crippen molar-refractivity contribution < 1.29 is 19.4 Å². The van der Waals surface area contributed by atoms with Gasteiger partial charge >= 0.3 is 12.0 Å². The molecule has 18 heavy (non-hydrogen) atoms. The van der Waals surface area contributed by atoms with Gasteiger partial charge in [-0.2, -0.15) is 4.99 Å². The van der Waals surface area contributed by atoms with Crippen molar-refractivity contribution in [1.29, 1.82) is 0 Å². The number of nitrogens with one attached hydrogen (secondary N) is 1. The van der Waals surface area contributed by atoms with Crippen molar-refractivity contribution in [3.05, 3.63) is 24.3 Å². The van der Waals surface area contributed by atoms with Crippen molar-refractivity contribution in [2.45, 2.75) is 13.8 Å². The lowest BCUT2D eigenvalue weighted by molar-refractivity contribution is -0.135. The Hall–Kier alpha value is -2.37. The van der Waals surface area contributed by atoms with Crippen LogP contribution in [-0.4, -0.2) is 29.4 Å². The Kier molecular flexibility index (Phi) is 4.86. The van der Waals surface area contributed by atoms with Gasteiger partial charge in [-0.25, -0.2) is 9.59 Å². The number of aromatic hydroxyl groups is 1. The predicted molar refractivity (Wildman–Crippen MR) is 66.9 cm³/mol. The Labute approximate surface area is 104 Å². The first-order valence-corrected chi connectivity index (χ1v) is 5.36. The van der Waals surface area contributed by atoms with Gasteiger partial charge in [-0.15, -0.1) is 0 Å². The molecule has 2 amide bonds. The van der Waals surface area contributed by atoms with Crippen molar-refractivity contribution in [2.75, 3.05) is 11.9 Å². The highest BCUT2D eigenvalue weighted by Crippen LogP contribution is 2.21. The summed E-state index contributed by atoms with van der Waals surface area (Å²) in [6, 6.07) is 5.47. The predicted octanol–water partition coefficient (Wildman–Crippen LogP) is 1.95. The standard InChI is InChI=1S/C12H14N2O4/c1-3-18-11(16)8(2)13-12(17)14-9-6-4-5-7-10(9)15/h4-7,15H,3H2,1-2H3,(H,14,17). The fourth-order valence-corrected chi connectivity index (χ4v) is 1.16. The molecular weight excluding hydrogens is 236 g/mol. The van der Waals surface area contributed by atoms with Gasteiger partial charge in [-0.1, -0.05) is 12.1 Å². The van der Waals surface area contributed by atoms with Crippen molar-refractivity contribution >= 4 is 23.4 Å². The second-order valence-corrected chi connectivity index (χ2v) is 3.36. The Bertz CT molecular complexity index is 483. The number of carbonyl (C=O) groups is 2. The van der Waals surface area contributed by atoms with E-state index in [-0.39, 0.29) is 23.8 Å². The number of esters is 1. The van der Waals surface area contributed by atoms with Gasteiger partial charge in [-0.05, 0) is 26.0 Å². The first-order valence-electron chi connectivity index (χ1n) is 5.36. The molecule has 0 unspecified atom stereocenters. The van der Waals surface area contributed by atoms with E-state index in [1.807, 2.05) is 0 Å². The molecule has 0 aliphatic carbocycles. The zero-order valence-electron chi connectivity index (χ0n) is 10.1. The molecule has 0 atom stereocenters. The molecule has 0 saturated carbocycles. The van der Waals surface area contributed by atoms with E-state index >= 15 is 0 Å². The van der Waals surface area contributed by atoms with Crippen LogP contribution in [0.15, 0.2) is 29.3 Å². The quantitative estimate of drug-likeness (QED) is 0.487. The monoisotopic (exact) mass is 250 g/mol. The molecule has 96 valence electrons. The van der Waals surface area contributed by atoms with Crippen molar-refractivity contribution in [1.82, 2.24) is 0 Å². The lowest BCUT2D eigenvalue weighted by Gasteiger charge is -2.04. The highest BCUT2D eigenvalue weighted by molar-refractivity contribution is 6.37. The van der Waals surface area contributed by atoms with Crippen LogP contribution in [0.5, 0.6) is 5.75 Å². The third-order valence-corrected chi connectivity index (χ3v) is 1.99. The zero-order valence-corrected chi connectivity index (χ0v) is 10.1. The van der Waals surface area contributed by atoms with Crippen LogP contribution in [0.4, 0.5) is 10.5 Å². The summed E-state index contributed by atoms with van der Waals surface area (Å²) in [5.41, 5.74) is 0.174. The van der Waals surface area contributed by atoms with Crippen LogP contribution in [0.25, 0.3) is 0 Å². The van der Waals surface area contributed by atoms with Gasteiger partial charge in [0.15, 0.2) is 0 Å². The molecular formula is C12H14N2O4. The van der Waals surface area contributed by atoms with Crippen LogP contribution in [-0.2, 0) is 9.53 Å². The molecule has 0 aliphatic heterocycles. The number of ether oxygens (including phenoxy) is 1. The average Bonchev–Trinajstić information content (AvgIpc) is 2.32. The summed E-state index contributed by atoms with van der Waals surface area (Å²) in [5, 5.41) is 11.8. The normalized spacial score (nSPS) is 10.9. The Balaban J connectivity index is 2.70. The van der Waals surface area contributed by atoms with Crippen LogP contribution in [0, 0.1) is 0 Å². The Morgan fingerprint density at radius 3 is 2.67 bits per heavy atom. The number of anilines is 1. The number of rotatable bonds is 3. The van der Waals surface area contributed by atoms with E-state index in [4.69, 9.17) is 0 Å². The fourth-order valence-electron chi connectivity index (χ4n) is 1.16. The summed E-state index contributed by atoms with van der Waals surface area (Å²) in [7, 11) is 0. The van der Waals surface area contributed by atoms with Crippen molar-refractivity contribution in [3.63, 3.8) is 0 Å². The fraction of sp³-hybridized carbons (Fsp3) is 0.250. The number of hydrogen-bond acceptors (Lipinski definition) is 4. The number of carbonyl (C=O) groups excluding carboxylic acids is 2. The van der Waals surface area contributed by atoms with Gasteiger partial charge in [0.05, 0.1) is 12.3 Å². The maximum absolute atomic E-state index is 11.5. The van der Waals surface area contributed by atoms with Gasteiger partial charge < -0.3 is 15.2 Å². The molecule has 2 N–H and O–H groups in total. The number of phenols is 1. The van der Waals surface area contributed by atoms with Crippen molar-refractivity contribution in [2.24, 2.45) is 4.99 Å².